The highest BCUT2D eigenvalue weighted by Gasteiger charge is 2.66. The quantitative estimate of drug-likeness (QED) is 0.355. The number of likely N-dealkylation sites (tertiary alicyclic amines) is 1. The van der Waals surface area contributed by atoms with Gasteiger partial charge in [-0.25, -0.2) is 0 Å². The summed E-state index contributed by atoms with van der Waals surface area (Å²) in [6.45, 7) is -1.14. The number of imide groups is 1. The van der Waals surface area contributed by atoms with Crippen LogP contribution in [0.1, 0.15) is 6.42 Å². The fourth-order valence-corrected chi connectivity index (χ4v) is 5.87. The van der Waals surface area contributed by atoms with E-state index in [1.807, 2.05) is 0 Å². The molecule has 1 aliphatic heterocycles. The summed E-state index contributed by atoms with van der Waals surface area (Å²) < 4.78 is 15.3. The van der Waals surface area contributed by atoms with Crippen LogP contribution in [0.5, 0.6) is 11.5 Å². The fourth-order valence-electron chi connectivity index (χ4n) is 4.98. The molecule has 1 aromatic rings. The molecule has 0 unspecified atom stereocenters. The van der Waals surface area contributed by atoms with E-state index in [4.69, 9.17) is 37.4 Å². The highest BCUT2D eigenvalue weighted by Crippen LogP contribution is 2.59. The molecule has 0 spiro atoms. The number of anilines is 1. The lowest BCUT2D eigenvalue weighted by atomic mass is 9.80. The van der Waals surface area contributed by atoms with E-state index >= 15 is 0 Å². The van der Waals surface area contributed by atoms with Crippen LogP contribution in [0.4, 0.5) is 5.69 Å². The minimum absolute atomic E-state index is 0.170. The molecule has 3 fully saturated rings. The summed E-state index contributed by atoms with van der Waals surface area (Å²) in [4.78, 5) is 50.9. The normalized spacial score (nSPS) is 30.3. The Morgan fingerprint density at radius 2 is 1.69 bits per heavy atom. The van der Waals surface area contributed by atoms with Crippen molar-refractivity contribution in [3.63, 3.8) is 0 Å². The van der Waals surface area contributed by atoms with Gasteiger partial charge in [-0.05, 0) is 30.4 Å². The zero-order valence-electron chi connectivity index (χ0n) is 17.4. The van der Waals surface area contributed by atoms with Gasteiger partial charge in [0.15, 0.2) is 6.61 Å². The van der Waals surface area contributed by atoms with Gasteiger partial charge in [-0.3, -0.25) is 24.1 Å². The summed E-state index contributed by atoms with van der Waals surface area (Å²) in [6, 6.07) is 4.81. The monoisotopic (exact) mass is 484 g/mol. The van der Waals surface area contributed by atoms with Gasteiger partial charge >= 0.3 is 5.97 Å². The molecule has 11 heteroatoms. The second kappa shape index (κ2) is 8.78. The van der Waals surface area contributed by atoms with E-state index in [0.717, 1.165) is 4.90 Å². The third-order valence-electron chi connectivity index (χ3n) is 6.41. The number of halogens is 2. The minimum atomic E-state index is -0.860. The van der Waals surface area contributed by atoms with Gasteiger partial charge in [0.1, 0.15) is 18.0 Å². The van der Waals surface area contributed by atoms with Crippen LogP contribution in [-0.2, 0) is 23.9 Å². The lowest BCUT2D eigenvalue weighted by Gasteiger charge is -2.28. The van der Waals surface area contributed by atoms with Crippen molar-refractivity contribution < 1.29 is 33.4 Å². The Hall–Kier alpha value is -2.52. The van der Waals surface area contributed by atoms with E-state index in [2.05, 4.69) is 5.32 Å². The molecule has 32 heavy (non-hydrogen) atoms. The summed E-state index contributed by atoms with van der Waals surface area (Å²) in [7, 11) is 2.94. The number of nitrogens with zero attached hydrogens (tertiary/aromatic N) is 1. The van der Waals surface area contributed by atoms with Crippen LogP contribution in [0.15, 0.2) is 18.2 Å². The SMILES string of the molecule is COc1ccc(NC(=O)COC(=O)CN2C(=O)[C@@H]3[C@H]4C[C@@H]([C@H](Cl)[C@H]4Cl)[C@H]3C2=O)c(OC)c1. The van der Waals surface area contributed by atoms with Gasteiger partial charge in [-0.1, -0.05) is 0 Å². The lowest BCUT2D eigenvalue weighted by Crippen LogP contribution is -2.38. The number of amides is 3. The Morgan fingerprint density at radius 1 is 1.06 bits per heavy atom. The molecular formula is C21H22Cl2N2O7. The predicted octanol–water partition coefficient (Wildman–Crippen LogP) is 1.65. The molecule has 172 valence electrons. The first-order chi connectivity index (χ1) is 15.3. The molecule has 3 aliphatic rings. The summed E-state index contributed by atoms with van der Waals surface area (Å²) in [5.74, 6) is -2.82. The summed E-state index contributed by atoms with van der Waals surface area (Å²) in [5.41, 5.74) is 0.369. The van der Waals surface area contributed by atoms with Gasteiger partial charge in [-0.2, -0.15) is 0 Å². The van der Waals surface area contributed by atoms with Crippen LogP contribution in [0.2, 0.25) is 0 Å². The maximum absolute atomic E-state index is 12.8. The zero-order chi connectivity index (χ0) is 23.2. The number of carbonyl (C=O) groups is 4. The first-order valence-corrected chi connectivity index (χ1v) is 10.9. The van der Waals surface area contributed by atoms with Crippen LogP contribution >= 0.6 is 23.2 Å². The van der Waals surface area contributed by atoms with Crippen molar-refractivity contribution in [3.8, 4) is 11.5 Å². The van der Waals surface area contributed by atoms with Gasteiger partial charge in [-0.15, -0.1) is 23.2 Å². The molecular weight excluding hydrogens is 463 g/mol. The van der Waals surface area contributed by atoms with E-state index in [9.17, 15) is 19.2 Å². The molecule has 0 aromatic heterocycles. The molecule has 3 amide bonds. The van der Waals surface area contributed by atoms with Gasteiger partial charge < -0.3 is 19.5 Å². The molecule has 1 heterocycles. The van der Waals surface area contributed by atoms with Crippen LogP contribution in [0, 0.1) is 23.7 Å². The number of fused-ring (bicyclic) bond motifs is 5. The van der Waals surface area contributed by atoms with Crippen molar-refractivity contribution in [2.24, 2.45) is 23.7 Å². The Labute approximate surface area is 194 Å². The average molecular weight is 485 g/mol. The number of benzene rings is 1. The highest BCUT2D eigenvalue weighted by atomic mass is 35.5. The van der Waals surface area contributed by atoms with Crippen molar-refractivity contribution in [3.05, 3.63) is 18.2 Å². The smallest absolute Gasteiger partial charge is 0.326 e. The lowest BCUT2D eigenvalue weighted by molar-refractivity contribution is -0.154. The number of hydrogen-bond acceptors (Lipinski definition) is 7. The molecule has 2 bridgehead atoms. The molecule has 9 nitrogen and oxygen atoms in total. The Kier molecular flexibility index (Phi) is 6.22. The second-order valence-electron chi connectivity index (χ2n) is 8.04. The third-order valence-corrected chi connectivity index (χ3v) is 7.73. The van der Waals surface area contributed by atoms with Crippen LogP contribution in [-0.4, -0.2) is 66.7 Å². The number of hydrogen-bond donors (Lipinski definition) is 1. The standard InChI is InChI=1S/C21H22Cl2N2O7/c1-30-9-3-4-12(13(5-9)31-2)24-14(26)8-32-15(27)7-25-20(28)16-10-6-11(17(16)21(25)29)19(23)18(10)22/h3-5,10-11,16-19H,6-8H2,1-2H3,(H,24,26)/t10-,11-,16-,17-,18+,19+/m1/s1. The van der Waals surface area contributed by atoms with E-state index in [1.165, 1.54) is 14.2 Å². The van der Waals surface area contributed by atoms with E-state index in [0.29, 0.717) is 23.6 Å². The largest absolute Gasteiger partial charge is 0.497 e. The third kappa shape index (κ3) is 3.77. The Balaban J connectivity index is 1.32. The Bertz CT molecular complexity index is 939. The van der Waals surface area contributed by atoms with E-state index < -0.39 is 48.7 Å². The van der Waals surface area contributed by atoms with Crippen LogP contribution in [0.25, 0.3) is 0 Å². The molecule has 6 atom stereocenters. The summed E-state index contributed by atoms with van der Waals surface area (Å²) in [6.07, 6.45) is 0.641. The number of esters is 1. The number of rotatable bonds is 7. The first-order valence-electron chi connectivity index (χ1n) is 10.1. The summed E-state index contributed by atoms with van der Waals surface area (Å²) >= 11 is 12.6. The van der Waals surface area contributed by atoms with Crippen molar-refractivity contribution in [1.29, 1.82) is 0 Å². The van der Waals surface area contributed by atoms with Crippen LogP contribution < -0.4 is 14.8 Å². The number of alkyl halides is 2. The fraction of sp³-hybridized carbons (Fsp3) is 0.524. The van der Waals surface area contributed by atoms with Crippen molar-refractivity contribution >= 4 is 52.6 Å². The molecule has 1 aromatic carbocycles. The van der Waals surface area contributed by atoms with Crippen molar-refractivity contribution in [2.45, 2.75) is 17.2 Å². The topological polar surface area (TPSA) is 111 Å². The zero-order valence-corrected chi connectivity index (χ0v) is 18.9. The first kappa shape index (κ1) is 22.7. The maximum atomic E-state index is 12.8. The molecule has 0 radical (unpaired) electrons. The second-order valence-corrected chi connectivity index (χ2v) is 9.05. The van der Waals surface area contributed by atoms with Crippen molar-refractivity contribution in [1.82, 2.24) is 4.90 Å². The highest BCUT2D eigenvalue weighted by molar-refractivity contribution is 6.31. The maximum Gasteiger partial charge on any atom is 0.326 e. The van der Waals surface area contributed by atoms with Gasteiger partial charge in [0.25, 0.3) is 5.91 Å². The van der Waals surface area contributed by atoms with Gasteiger partial charge in [0.2, 0.25) is 11.8 Å². The van der Waals surface area contributed by atoms with Crippen molar-refractivity contribution in [2.75, 3.05) is 32.7 Å². The van der Waals surface area contributed by atoms with Gasteiger partial charge in [0, 0.05) is 6.07 Å². The van der Waals surface area contributed by atoms with Gasteiger partial charge in [0.05, 0.1) is 42.5 Å². The summed E-state index contributed by atoms with van der Waals surface area (Å²) in [5, 5.41) is 1.83. The Morgan fingerprint density at radius 3 is 2.25 bits per heavy atom. The number of methoxy groups -OCH3 is 2. The molecule has 1 N–H and O–H groups in total. The molecule has 4 rings (SSSR count). The number of carbonyl (C=O) groups excluding carboxylic acids is 4. The minimum Gasteiger partial charge on any atom is -0.497 e. The van der Waals surface area contributed by atoms with E-state index in [-0.39, 0.29) is 22.6 Å². The molecule has 1 saturated heterocycles. The number of nitrogens with one attached hydrogen (secondary N) is 1. The molecule has 2 saturated carbocycles. The van der Waals surface area contributed by atoms with E-state index in [1.54, 1.807) is 18.2 Å². The number of ether oxygens (including phenoxy) is 3. The average Bonchev–Trinajstić information content (AvgIpc) is 3.39. The predicted molar refractivity (Wildman–Crippen MR) is 114 cm³/mol. The van der Waals surface area contributed by atoms with Crippen LogP contribution in [0.3, 0.4) is 0 Å². The molecule has 2 aliphatic carbocycles.